The van der Waals surface area contributed by atoms with E-state index in [1.807, 2.05) is 0 Å². The van der Waals surface area contributed by atoms with Gasteiger partial charge in [-0.05, 0) is 18.6 Å². The van der Waals surface area contributed by atoms with Gasteiger partial charge in [-0.1, -0.05) is 0 Å². The summed E-state index contributed by atoms with van der Waals surface area (Å²) in [4.78, 5) is 26.9. The van der Waals surface area contributed by atoms with E-state index in [-0.39, 0.29) is 23.2 Å². The fourth-order valence-corrected chi connectivity index (χ4v) is 4.46. The Morgan fingerprint density at radius 2 is 2.12 bits per heavy atom. The molecule has 3 aromatic heterocycles. The van der Waals surface area contributed by atoms with Crippen LogP contribution in [0.2, 0.25) is 0 Å². The van der Waals surface area contributed by atoms with Gasteiger partial charge in [-0.3, -0.25) is 9.55 Å². The molecule has 10 heteroatoms. The average Bonchev–Trinajstić information content (AvgIpc) is 3.19. The minimum Gasteiger partial charge on any atom is -0.303 e. The number of rotatable bonds is 3. The Balaban J connectivity index is 1.68. The SMILES string of the molecule is O=c1[nH]c2cncnc2n1[C@H]1CCN(S(=O)(=O)c2cccnc2)C1. The zero-order valence-corrected chi connectivity index (χ0v) is 13.3. The quantitative estimate of drug-likeness (QED) is 0.722. The van der Waals surface area contributed by atoms with Gasteiger partial charge < -0.3 is 4.98 Å². The van der Waals surface area contributed by atoms with E-state index in [9.17, 15) is 13.2 Å². The number of aromatic amines is 1. The summed E-state index contributed by atoms with van der Waals surface area (Å²) in [6.45, 7) is 0.556. The molecule has 3 aromatic rings. The first kappa shape index (κ1) is 15.0. The number of nitrogens with zero attached hydrogens (tertiary/aromatic N) is 5. The van der Waals surface area contributed by atoms with E-state index >= 15 is 0 Å². The lowest BCUT2D eigenvalue weighted by Gasteiger charge is -2.16. The van der Waals surface area contributed by atoms with Gasteiger partial charge >= 0.3 is 5.69 Å². The Morgan fingerprint density at radius 3 is 2.92 bits per heavy atom. The van der Waals surface area contributed by atoms with E-state index in [0.29, 0.717) is 24.1 Å². The first-order valence-corrected chi connectivity index (χ1v) is 8.82. The zero-order valence-electron chi connectivity index (χ0n) is 12.5. The van der Waals surface area contributed by atoms with Crippen molar-refractivity contribution in [1.82, 2.24) is 28.8 Å². The van der Waals surface area contributed by atoms with Gasteiger partial charge in [-0.2, -0.15) is 4.31 Å². The molecule has 1 N–H and O–H groups in total. The number of nitrogens with one attached hydrogen (secondary N) is 1. The molecule has 1 aliphatic heterocycles. The monoisotopic (exact) mass is 346 g/mol. The van der Waals surface area contributed by atoms with Crippen LogP contribution in [0.3, 0.4) is 0 Å². The molecule has 0 amide bonds. The summed E-state index contributed by atoms with van der Waals surface area (Å²) < 4.78 is 28.2. The number of fused-ring (bicyclic) bond motifs is 1. The molecule has 124 valence electrons. The Kier molecular flexibility index (Phi) is 3.43. The number of pyridine rings is 1. The molecule has 1 aliphatic rings. The fourth-order valence-electron chi connectivity index (χ4n) is 3.00. The Morgan fingerprint density at radius 1 is 1.25 bits per heavy atom. The first-order valence-electron chi connectivity index (χ1n) is 7.38. The third kappa shape index (κ3) is 2.31. The lowest BCUT2D eigenvalue weighted by molar-refractivity contribution is 0.451. The lowest BCUT2D eigenvalue weighted by Crippen LogP contribution is -2.31. The van der Waals surface area contributed by atoms with Gasteiger partial charge in [-0.25, -0.2) is 23.2 Å². The highest BCUT2D eigenvalue weighted by molar-refractivity contribution is 7.89. The van der Waals surface area contributed by atoms with Crippen molar-refractivity contribution in [2.24, 2.45) is 0 Å². The summed E-state index contributed by atoms with van der Waals surface area (Å²) in [7, 11) is -3.62. The highest BCUT2D eigenvalue weighted by Crippen LogP contribution is 2.27. The number of aromatic nitrogens is 5. The van der Waals surface area contributed by atoms with E-state index in [4.69, 9.17) is 0 Å². The zero-order chi connectivity index (χ0) is 16.7. The molecule has 0 aliphatic carbocycles. The molecule has 4 heterocycles. The number of hydrogen-bond donors (Lipinski definition) is 1. The van der Waals surface area contributed by atoms with Crippen LogP contribution in [0.25, 0.3) is 11.2 Å². The van der Waals surface area contributed by atoms with Crippen molar-refractivity contribution >= 4 is 21.2 Å². The molecule has 0 bridgehead atoms. The Labute approximate surface area is 137 Å². The van der Waals surface area contributed by atoms with Crippen LogP contribution in [0.1, 0.15) is 12.5 Å². The van der Waals surface area contributed by atoms with Crippen LogP contribution >= 0.6 is 0 Å². The molecule has 24 heavy (non-hydrogen) atoms. The normalized spacial score (nSPS) is 19.1. The summed E-state index contributed by atoms with van der Waals surface area (Å²) in [6.07, 6.45) is 6.28. The predicted molar refractivity (Wildman–Crippen MR) is 84.8 cm³/mol. The molecule has 1 saturated heterocycles. The van der Waals surface area contributed by atoms with Crippen LogP contribution in [-0.2, 0) is 10.0 Å². The molecule has 1 fully saturated rings. The van der Waals surface area contributed by atoms with Gasteiger partial charge in [-0.15, -0.1) is 0 Å². The highest BCUT2D eigenvalue weighted by Gasteiger charge is 2.34. The summed E-state index contributed by atoms with van der Waals surface area (Å²) in [5.74, 6) is 0. The molecule has 0 saturated carbocycles. The van der Waals surface area contributed by atoms with Crippen molar-refractivity contribution in [2.75, 3.05) is 13.1 Å². The van der Waals surface area contributed by atoms with Crippen LogP contribution in [0.4, 0.5) is 0 Å². The molecule has 0 radical (unpaired) electrons. The summed E-state index contributed by atoms with van der Waals surface area (Å²) >= 11 is 0. The minimum atomic E-state index is -3.62. The molecule has 1 atom stereocenters. The Hall–Kier alpha value is -2.59. The maximum Gasteiger partial charge on any atom is 0.328 e. The van der Waals surface area contributed by atoms with Crippen molar-refractivity contribution in [1.29, 1.82) is 0 Å². The number of sulfonamides is 1. The standard InChI is InChI=1S/C14H14N6O3S/c21-14-18-12-7-16-9-17-13(12)20(14)10-3-5-19(8-10)24(22,23)11-2-1-4-15-6-11/h1-2,4,6-7,9-10H,3,5,8H2,(H,18,21)/t10-/m0/s1. The summed E-state index contributed by atoms with van der Waals surface area (Å²) in [6, 6.07) is 2.83. The summed E-state index contributed by atoms with van der Waals surface area (Å²) in [5, 5.41) is 0. The van der Waals surface area contributed by atoms with Crippen molar-refractivity contribution in [3.8, 4) is 0 Å². The van der Waals surface area contributed by atoms with E-state index in [1.54, 1.807) is 6.07 Å². The number of imidazole rings is 1. The molecule has 0 unspecified atom stereocenters. The van der Waals surface area contributed by atoms with E-state index < -0.39 is 10.0 Å². The predicted octanol–water partition coefficient (Wildman–Crippen LogP) is 0.150. The van der Waals surface area contributed by atoms with Crippen molar-refractivity contribution < 1.29 is 8.42 Å². The molecule has 4 rings (SSSR count). The lowest BCUT2D eigenvalue weighted by atomic mass is 10.2. The topological polar surface area (TPSA) is 114 Å². The number of H-pyrrole nitrogens is 1. The van der Waals surface area contributed by atoms with Gasteiger partial charge in [0.15, 0.2) is 5.65 Å². The van der Waals surface area contributed by atoms with Crippen molar-refractivity contribution in [2.45, 2.75) is 17.4 Å². The van der Waals surface area contributed by atoms with Crippen LogP contribution in [0.5, 0.6) is 0 Å². The highest BCUT2D eigenvalue weighted by atomic mass is 32.2. The largest absolute Gasteiger partial charge is 0.328 e. The van der Waals surface area contributed by atoms with E-state index in [0.717, 1.165) is 0 Å². The van der Waals surface area contributed by atoms with Crippen LogP contribution in [-0.4, -0.2) is 50.3 Å². The second kappa shape index (κ2) is 5.49. The second-order valence-corrected chi connectivity index (χ2v) is 7.49. The third-order valence-corrected chi connectivity index (χ3v) is 5.99. The third-order valence-electron chi connectivity index (χ3n) is 4.14. The maximum atomic E-state index is 12.7. The maximum absolute atomic E-state index is 12.7. The first-order chi connectivity index (χ1) is 11.6. The van der Waals surface area contributed by atoms with Gasteiger partial charge in [0.25, 0.3) is 0 Å². The molecule has 9 nitrogen and oxygen atoms in total. The fraction of sp³-hybridized carbons (Fsp3) is 0.286. The van der Waals surface area contributed by atoms with E-state index in [1.165, 1.54) is 39.9 Å². The van der Waals surface area contributed by atoms with Gasteiger partial charge in [0.1, 0.15) is 16.7 Å². The smallest absolute Gasteiger partial charge is 0.303 e. The van der Waals surface area contributed by atoms with E-state index in [2.05, 4.69) is 19.9 Å². The minimum absolute atomic E-state index is 0.152. The average molecular weight is 346 g/mol. The number of hydrogen-bond acceptors (Lipinski definition) is 6. The van der Waals surface area contributed by atoms with Crippen LogP contribution < -0.4 is 5.69 Å². The molecule has 0 aromatic carbocycles. The van der Waals surface area contributed by atoms with Crippen molar-refractivity contribution in [3.05, 3.63) is 47.5 Å². The van der Waals surface area contributed by atoms with Crippen LogP contribution in [0.15, 0.2) is 46.7 Å². The van der Waals surface area contributed by atoms with Crippen molar-refractivity contribution in [3.63, 3.8) is 0 Å². The van der Waals surface area contributed by atoms with Gasteiger partial charge in [0, 0.05) is 25.5 Å². The summed E-state index contributed by atoms with van der Waals surface area (Å²) in [5.41, 5.74) is 0.716. The van der Waals surface area contributed by atoms with Gasteiger partial charge in [0.2, 0.25) is 10.0 Å². The molecular weight excluding hydrogens is 332 g/mol. The van der Waals surface area contributed by atoms with Gasteiger partial charge in [0.05, 0.1) is 12.2 Å². The molecular formula is C14H14N6O3S. The second-order valence-electron chi connectivity index (χ2n) is 5.55. The Bertz CT molecular complexity index is 1040. The molecule has 0 spiro atoms. The van der Waals surface area contributed by atoms with Crippen LogP contribution in [0, 0.1) is 0 Å².